The fourth-order valence-corrected chi connectivity index (χ4v) is 3.37. The Morgan fingerprint density at radius 3 is 2.22 bits per heavy atom. The number of hydrogen-bond donors (Lipinski definition) is 3. The summed E-state index contributed by atoms with van der Waals surface area (Å²) in [6.07, 6.45) is 5.71. The topological polar surface area (TPSA) is 70.2 Å². The highest BCUT2D eigenvalue weighted by molar-refractivity contribution is 6.31. The first-order valence-corrected chi connectivity index (χ1v) is 9.64. The number of carbonyl (C=O) groups excluding carboxylic acids is 2. The van der Waals surface area contributed by atoms with Crippen molar-refractivity contribution in [2.75, 3.05) is 10.6 Å². The van der Waals surface area contributed by atoms with Crippen molar-refractivity contribution in [2.24, 2.45) is 0 Å². The largest absolute Gasteiger partial charge is 0.349 e. The van der Waals surface area contributed by atoms with Gasteiger partial charge in [-0.25, -0.2) is 4.79 Å². The van der Waals surface area contributed by atoms with Gasteiger partial charge < -0.3 is 16.0 Å². The molecule has 3 amide bonds. The SMILES string of the molecule is Cc1ccc(NC(=O)Nc2ccc(C(=O)NC3CCCCC3)cc2)cc1Cl. The monoisotopic (exact) mass is 385 g/mol. The molecule has 2 aromatic rings. The molecule has 5 nitrogen and oxygen atoms in total. The average molecular weight is 386 g/mol. The van der Waals surface area contributed by atoms with Crippen molar-refractivity contribution in [3.8, 4) is 0 Å². The summed E-state index contributed by atoms with van der Waals surface area (Å²) < 4.78 is 0. The van der Waals surface area contributed by atoms with E-state index < -0.39 is 0 Å². The molecule has 0 heterocycles. The number of urea groups is 1. The van der Waals surface area contributed by atoms with E-state index in [9.17, 15) is 9.59 Å². The summed E-state index contributed by atoms with van der Waals surface area (Å²) in [6.45, 7) is 1.90. The van der Waals surface area contributed by atoms with Crippen molar-refractivity contribution in [3.05, 3.63) is 58.6 Å². The molecule has 0 unspecified atom stereocenters. The van der Waals surface area contributed by atoms with Crippen molar-refractivity contribution < 1.29 is 9.59 Å². The van der Waals surface area contributed by atoms with Gasteiger partial charge in [-0.15, -0.1) is 0 Å². The minimum Gasteiger partial charge on any atom is -0.349 e. The number of rotatable bonds is 4. The molecular formula is C21H24ClN3O2. The summed E-state index contributed by atoms with van der Waals surface area (Å²) >= 11 is 6.06. The van der Waals surface area contributed by atoms with E-state index >= 15 is 0 Å². The van der Waals surface area contributed by atoms with E-state index in [0.717, 1.165) is 18.4 Å². The summed E-state index contributed by atoms with van der Waals surface area (Å²) in [4.78, 5) is 24.4. The van der Waals surface area contributed by atoms with E-state index in [1.165, 1.54) is 19.3 Å². The predicted molar refractivity (Wildman–Crippen MR) is 110 cm³/mol. The van der Waals surface area contributed by atoms with E-state index in [1.54, 1.807) is 36.4 Å². The Morgan fingerprint density at radius 2 is 1.56 bits per heavy atom. The molecule has 1 aliphatic rings. The lowest BCUT2D eigenvalue weighted by Crippen LogP contribution is -2.36. The predicted octanol–water partition coefficient (Wildman–Crippen LogP) is 5.35. The summed E-state index contributed by atoms with van der Waals surface area (Å²) in [6, 6.07) is 12.1. The van der Waals surface area contributed by atoms with Crippen LogP contribution in [0, 0.1) is 6.92 Å². The van der Waals surface area contributed by atoms with Gasteiger partial charge in [-0.1, -0.05) is 36.9 Å². The Kier molecular flexibility index (Phi) is 6.35. The van der Waals surface area contributed by atoms with Gasteiger partial charge in [-0.3, -0.25) is 4.79 Å². The van der Waals surface area contributed by atoms with Crippen LogP contribution in [-0.2, 0) is 0 Å². The first kappa shape index (κ1) is 19.2. The molecule has 0 radical (unpaired) electrons. The zero-order valence-corrected chi connectivity index (χ0v) is 16.1. The third-order valence-electron chi connectivity index (χ3n) is 4.78. The van der Waals surface area contributed by atoms with E-state index in [2.05, 4.69) is 16.0 Å². The van der Waals surface area contributed by atoms with Gasteiger partial charge in [0.15, 0.2) is 0 Å². The molecule has 0 aliphatic heterocycles. The van der Waals surface area contributed by atoms with Crippen LogP contribution in [0.4, 0.5) is 16.2 Å². The van der Waals surface area contributed by atoms with Crippen molar-refractivity contribution in [3.63, 3.8) is 0 Å². The van der Waals surface area contributed by atoms with Crippen LogP contribution in [0.3, 0.4) is 0 Å². The highest BCUT2D eigenvalue weighted by atomic mass is 35.5. The van der Waals surface area contributed by atoms with Crippen LogP contribution in [0.5, 0.6) is 0 Å². The maximum atomic E-state index is 12.3. The number of aryl methyl sites for hydroxylation is 1. The Balaban J connectivity index is 1.54. The molecule has 1 aliphatic carbocycles. The van der Waals surface area contributed by atoms with Crippen LogP contribution < -0.4 is 16.0 Å². The quantitative estimate of drug-likeness (QED) is 0.663. The van der Waals surface area contributed by atoms with Crippen LogP contribution in [-0.4, -0.2) is 18.0 Å². The number of amides is 3. The lowest BCUT2D eigenvalue weighted by atomic mass is 9.95. The normalized spacial score (nSPS) is 14.4. The highest BCUT2D eigenvalue weighted by Crippen LogP contribution is 2.21. The molecule has 27 heavy (non-hydrogen) atoms. The number of benzene rings is 2. The van der Waals surface area contributed by atoms with Crippen molar-refractivity contribution in [1.82, 2.24) is 5.32 Å². The second-order valence-electron chi connectivity index (χ2n) is 6.93. The zero-order valence-electron chi connectivity index (χ0n) is 15.3. The number of nitrogens with one attached hydrogen (secondary N) is 3. The van der Waals surface area contributed by atoms with Crippen molar-refractivity contribution in [1.29, 1.82) is 0 Å². The van der Waals surface area contributed by atoms with Crippen LogP contribution in [0.1, 0.15) is 48.0 Å². The molecule has 0 saturated heterocycles. The van der Waals surface area contributed by atoms with Crippen LogP contribution >= 0.6 is 11.6 Å². The number of anilines is 2. The maximum absolute atomic E-state index is 12.3. The average Bonchev–Trinajstić information content (AvgIpc) is 2.66. The molecule has 2 aromatic carbocycles. The third-order valence-corrected chi connectivity index (χ3v) is 5.18. The lowest BCUT2D eigenvalue weighted by Gasteiger charge is -2.22. The maximum Gasteiger partial charge on any atom is 0.323 e. The second kappa shape index (κ2) is 8.91. The number of carbonyl (C=O) groups is 2. The summed E-state index contributed by atoms with van der Waals surface area (Å²) in [5.74, 6) is -0.0628. The molecule has 0 atom stereocenters. The van der Waals surface area contributed by atoms with E-state index in [-0.39, 0.29) is 18.0 Å². The Hall–Kier alpha value is -2.53. The Labute approximate surface area is 164 Å². The van der Waals surface area contributed by atoms with Crippen LogP contribution in [0.25, 0.3) is 0 Å². The molecule has 1 fully saturated rings. The molecule has 1 saturated carbocycles. The summed E-state index contributed by atoms with van der Waals surface area (Å²) in [5.41, 5.74) is 2.77. The molecule has 0 spiro atoms. The summed E-state index contributed by atoms with van der Waals surface area (Å²) in [5, 5.41) is 9.17. The minimum absolute atomic E-state index is 0.0628. The van der Waals surface area contributed by atoms with Crippen molar-refractivity contribution >= 4 is 34.9 Å². The highest BCUT2D eigenvalue weighted by Gasteiger charge is 2.16. The van der Waals surface area contributed by atoms with Gasteiger partial charge in [0, 0.05) is 28.0 Å². The minimum atomic E-state index is -0.366. The molecule has 3 rings (SSSR count). The molecule has 142 valence electrons. The standard InChI is InChI=1S/C21H24ClN3O2/c1-14-7-10-18(13-19(14)22)25-21(27)24-17-11-8-15(9-12-17)20(26)23-16-5-3-2-4-6-16/h7-13,16H,2-6H2,1H3,(H,23,26)(H2,24,25,27). The zero-order chi connectivity index (χ0) is 19.2. The van der Waals surface area contributed by atoms with Gasteiger partial charge in [-0.2, -0.15) is 0 Å². The second-order valence-corrected chi connectivity index (χ2v) is 7.34. The smallest absolute Gasteiger partial charge is 0.323 e. The molecule has 3 N–H and O–H groups in total. The lowest BCUT2D eigenvalue weighted by molar-refractivity contribution is 0.0927. The Morgan fingerprint density at radius 1 is 0.926 bits per heavy atom. The summed E-state index contributed by atoms with van der Waals surface area (Å²) in [7, 11) is 0. The fraction of sp³-hybridized carbons (Fsp3) is 0.333. The Bertz CT molecular complexity index is 815. The fourth-order valence-electron chi connectivity index (χ4n) is 3.18. The van der Waals surface area contributed by atoms with Gasteiger partial charge >= 0.3 is 6.03 Å². The van der Waals surface area contributed by atoms with Crippen LogP contribution in [0.15, 0.2) is 42.5 Å². The molecule has 6 heteroatoms. The van der Waals surface area contributed by atoms with Crippen molar-refractivity contribution in [2.45, 2.75) is 45.1 Å². The van der Waals surface area contributed by atoms with E-state index in [1.807, 2.05) is 13.0 Å². The van der Waals surface area contributed by atoms with Crippen LogP contribution in [0.2, 0.25) is 5.02 Å². The van der Waals surface area contributed by atoms with E-state index in [0.29, 0.717) is 22.0 Å². The third kappa shape index (κ3) is 5.47. The van der Waals surface area contributed by atoms with E-state index in [4.69, 9.17) is 11.6 Å². The first-order valence-electron chi connectivity index (χ1n) is 9.26. The van der Waals surface area contributed by atoms with Gasteiger partial charge in [0.2, 0.25) is 0 Å². The molecular weight excluding hydrogens is 362 g/mol. The number of halogens is 1. The van der Waals surface area contributed by atoms with Gasteiger partial charge in [0.1, 0.15) is 0 Å². The number of hydrogen-bond acceptors (Lipinski definition) is 2. The first-order chi connectivity index (χ1) is 13.0. The molecule has 0 aromatic heterocycles. The van der Waals surface area contributed by atoms with Gasteiger partial charge in [0.05, 0.1) is 0 Å². The van der Waals surface area contributed by atoms with Gasteiger partial charge in [0.25, 0.3) is 5.91 Å². The molecule has 0 bridgehead atoms. The van der Waals surface area contributed by atoms with Gasteiger partial charge in [-0.05, 0) is 61.7 Å².